The average Bonchev–Trinajstić information content (AvgIpc) is 2.09. The molecule has 0 aliphatic carbocycles. The number of benzene rings is 1. The smallest absolute Gasteiger partial charge is 0.144 e. The summed E-state index contributed by atoms with van der Waals surface area (Å²) in [6.07, 6.45) is 2.22. The van der Waals surface area contributed by atoms with Crippen LogP contribution < -0.4 is 5.32 Å². The maximum Gasteiger partial charge on any atom is 0.144 e. The minimum absolute atomic E-state index is 0.697. The molecule has 1 aromatic carbocycles. The van der Waals surface area contributed by atoms with Crippen LogP contribution in [0.4, 0.5) is 5.69 Å². The molecule has 0 fully saturated rings. The standard InChI is InChI=1S/C10H10ClNO/c1-8(6-7-13)12-10-4-2-9(11)3-5-10/h2-7,12H,1H3/b8-6+. The van der Waals surface area contributed by atoms with E-state index in [0.717, 1.165) is 17.7 Å². The Balaban J connectivity index is 2.69. The van der Waals surface area contributed by atoms with Gasteiger partial charge in [-0.25, -0.2) is 0 Å². The van der Waals surface area contributed by atoms with Crippen molar-refractivity contribution >= 4 is 23.6 Å². The van der Waals surface area contributed by atoms with E-state index in [1.54, 1.807) is 12.1 Å². The van der Waals surface area contributed by atoms with Crippen molar-refractivity contribution in [2.24, 2.45) is 0 Å². The van der Waals surface area contributed by atoms with Gasteiger partial charge in [0.15, 0.2) is 0 Å². The molecule has 1 N–H and O–H groups in total. The first-order valence-corrected chi connectivity index (χ1v) is 4.25. The molecule has 1 aromatic rings. The van der Waals surface area contributed by atoms with Gasteiger partial charge in [-0.2, -0.15) is 0 Å². The van der Waals surface area contributed by atoms with Gasteiger partial charge in [-0.3, -0.25) is 4.79 Å². The number of carbonyl (C=O) groups excluding carboxylic acids is 1. The number of carbonyl (C=O) groups is 1. The Morgan fingerprint density at radius 2 is 2.00 bits per heavy atom. The maximum atomic E-state index is 10.1. The minimum atomic E-state index is 0.697. The molecule has 0 amide bonds. The summed E-state index contributed by atoms with van der Waals surface area (Å²) in [4.78, 5) is 10.1. The molecule has 0 aliphatic heterocycles. The Bertz CT molecular complexity index is 316. The van der Waals surface area contributed by atoms with E-state index in [4.69, 9.17) is 11.6 Å². The highest BCUT2D eigenvalue weighted by Crippen LogP contribution is 2.14. The van der Waals surface area contributed by atoms with Crippen LogP contribution in [0.2, 0.25) is 5.02 Å². The Hall–Kier alpha value is -1.28. The van der Waals surface area contributed by atoms with Crippen molar-refractivity contribution in [2.75, 3.05) is 5.32 Å². The maximum absolute atomic E-state index is 10.1. The average molecular weight is 196 g/mol. The van der Waals surface area contributed by atoms with Crippen LogP contribution in [0.15, 0.2) is 36.0 Å². The van der Waals surface area contributed by atoms with Crippen molar-refractivity contribution in [1.29, 1.82) is 0 Å². The van der Waals surface area contributed by atoms with Crippen molar-refractivity contribution in [1.82, 2.24) is 0 Å². The van der Waals surface area contributed by atoms with E-state index in [1.165, 1.54) is 6.08 Å². The summed E-state index contributed by atoms with van der Waals surface area (Å²) in [6, 6.07) is 7.28. The highest BCUT2D eigenvalue weighted by Gasteiger charge is 1.91. The van der Waals surface area contributed by atoms with Gasteiger partial charge in [0.2, 0.25) is 0 Å². The van der Waals surface area contributed by atoms with E-state index < -0.39 is 0 Å². The van der Waals surface area contributed by atoms with Gasteiger partial charge in [0.05, 0.1) is 0 Å². The lowest BCUT2D eigenvalue weighted by molar-refractivity contribution is -0.104. The van der Waals surface area contributed by atoms with E-state index in [2.05, 4.69) is 5.32 Å². The van der Waals surface area contributed by atoms with E-state index in [-0.39, 0.29) is 0 Å². The third kappa shape index (κ3) is 3.30. The van der Waals surface area contributed by atoms with Crippen LogP contribution in [0, 0.1) is 0 Å². The van der Waals surface area contributed by atoms with Crippen LogP contribution in [0.5, 0.6) is 0 Å². The molecule has 0 unspecified atom stereocenters. The monoisotopic (exact) mass is 195 g/mol. The van der Waals surface area contributed by atoms with Crippen LogP contribution >= 0.6 is 11.6 Å². The molecule has 1 rings (SSSR count). The molecular formula is C10H10ClNO. The molecule has 0 heterocycles. The highest BCUT2D eigenvalue weighted by molar-refractivity contribution is 6.30. The molecule has 3 heteroatoms. The molecule has 68 valence electrons. The number of hydrogen-bond donors (Lipinski definition) is 1. The molecule has 0 bridgehead atoms. The van der Waals surface area contributed by atoms with E-state index >= 15 is 0 Å². The first-order valence-electron chi connectivity index (χ1n) is 3.87. The zero-order valence-electron chi connectivity index (χ0n) is 7.25. The fourth-order valence-corrected chi connectivity index (χ4v) is 1.03. The lowest BCUT2D eigenvalue weighted by Crippen LogP contribution is -1.94. The molecule has 0 saturated heterocycles. The first kappa shape index (κ1) is 9.81. The Kier molecular flexibility index (Phi) is 3.53. The van der Waals surface area contributed by atoms with Gasteiger partial charge < -0.3 is 5.32 Å². The van der Waals surface area contributed by atoms with Crippen molar-refractivity contribution in [3.63, 3.8) is 0 Å². The third-order valence-corrected chi connectivity index (χ3v) is 1.76. The quantitative estimate of drug-likeness (QED) is 0.594. The summed E-state index contributed by atoms with van der Waals surface area (Å²) >= 11 is 5.71. The van der Waals surface area contributed by atoms with Crippen molar-refractivity contribution < 1.29 is 4.79 Å². The normalized spacial score (nSPS) is 11.1. The fourth-order valence-electron chi connectivity index (χ4n) is 0.905. The van der Waals surface area contributed by atoms with Gasteiger partial charge in [-0.15, -0.1) is 0 Å². The van der Waals surface area contributed by atoms with Crippen molar-refractivity contribution in [3.8, 4) is 0 Å². The zero-order chi connectivity index (χ0) is 9.68. The fraction of sp³-hybridized carbons (Fsp3) is 0.100. The molecule has 0 radical (unpaired) electrons. The van der Waals surface area contributed by atoms with E-state index in [9.17, 15) is 4.79 Å². The lowest BCUT2D eigenvalue weighted by Gasteiger charge is -2.04. The second kappa shape index (κ2) is 4.67. The summed E-state index contributed by atoms with van der Waals surface area (Å²) in [5, 5.41) is 3.74. The van der Waals surface area contributed by atoms with Crippen LogP contribution in [-0.2, 0) is 4.79 Å². The molecular weight excluding hydrogens is 186 g/mol. The number of anilines is 1. The number of aldehydes is 1. The summed E-state index contributed by atoms with van der Waals surface area (Å²) in [5.74, 6) is 0. The number of hydrogen-bond acceptors (Lipinski definition) is 2. The first-order chi connectivity index (χ1) is 6.22. The number of allylic oxidation sites excluding steroid dienone is 2. The number of halogens is 1. The van der Waals surface area contributed by atoms with E-state index in [1.807, 2.05) is 19.1 Å². The van der Waals surface area contributed by atoms with Gasteiger partial charge in [-0.05, 0) is 37.3 Å². The largest absolute Gasteiger partial charge is 0.359 e. The molecule has 2 nitrogen and oxygen atoms in total. The SMILES string of the molecule is C/C(=C\C=O)Nc1ccc(Cl)cc1. The van der Waals surface area contributed by atoms with Crippen LogP contribution in [-0.4, -0.2) is 6.29 Å². The molecule has 0 atom stereocenters. The van der Waals surface area contributed by atoms with Crippen molar-refractivity contribution in [3.05, 3.63) is 41.1 Å². The molecule has 0 spiro atoms. The summed E-state index contributed by atoms with van der Waals surface area (Å²) in [5.41, 5.74) is 1.72. The Morgan fingerprint density at radius 1 is 1.38 bits per heavy atom. The zero-order valence-corrected chi connectivity index (χ0v) is 8.01. The van der Waals surface area contributed by atoms with Gasteiger partial charge in [0, 0.05) is 16.4 Å². The lowest BCUT2D eigenvalue weighted by atomic mass is 10.3. The number of rotatable bonds is 3. The molecule has 0 aliphatic rings. The molecule has 13 heavy (non-hydrogen) atoms. The summed E-state index contributed by atoms with van der Waals surface area (Å²) in [7, 11) is 0. The summed E-state index contributed by atoms with van der Waals surface area (Å²) in [6.45, 7) is 1.82. The molecule has 0 aromatic heterocycles. The van der Waals surface area contributed by atoms with Crippen LogP contribution in [0.25, 0.3) is 0 Å². The van der Waals surface area contributed by atoms with Crippen LogP contribution in [0.3, 0.4) is 0 Å². The van der Waals surface area contributed by atoms with Gasteiger partial charge in [-0.1, -0.05) is 11.6 Å². The number of nitrogens with one attached hydrogen (secondary N) is 1. The third-order valence-electron chi connectivity index (χ3n) is 1.50. The van der Waals surface area contributed by atoms with Crippen molar-refractivity contribution in [2.45, 2.75) is 6.92 Å². The predicted molar refractivity (Wildman–Crippen MR) is 54.9 cm³/mol. The Labute approximate surface area is 82.2 Å². The highest BCUT2D eigenvalue weighted by atomic mass is 35.5. The summed E-state index contributed by atoms with van der Waals surface area (Å²) < 4.78 is 0. The van der Waals surface area contributed by atoms with Gasteiger partial charge in [0.1, 0.15) is 6.29 Å². The Morgan fingerprint density at radius 3 is 2.54 bits per heavy atom. The van der Waals surface area contributed by atoms with Gasteiger partial charge >= 0.3 is 0 Å². The van der Waals surface area contributed by atoms with Crippen LogP contribution in [0.1, 0.15) is 6.92 Å². The second-order valence-corrected chi connectivity index (χ2v) is 3.05. The second-order valence-electron chi connectivity index (χ2n) is 2.62. The van der Waals surface area contributed by atoms with E-state index in [0.29, 0.717) is 5.02 Å². The minimum Gasteiger partial charge on any atom is -0.359 e. The molecule has 0 saturated carbocycles. The topological polar surface area (TPSA) is 29.1 Å². The van der Waals surface area contributed by atoms with Gasteiger partial charge in [0.25, 0.3) is 0 Å². The predicted octanol–water partition coefficient (Wildman–Crippen LogP) is 2.85.